The molecule has 7 heteroatoms. The molecule has 23 heavy (non-hydrogen) atoms. The average molecular weight is 342 g/mol. The van der Waals surface area contributed by atoms with Crippen molar-refractivity contribution in [2.45, 2.75) is 31.7 Å². The van der Waals surface area contributed by atoms with Gasteiger partial charge in [0.25, 0.3) is 5.69 Å². The fourth-order valence-corrected chi connectivity index (χ4v) is 3.00. The summed E-state index contributed by atoms with van der Waals surface area (Å²) in [7, 11) is 4.02. The summed E-state index contributed by atoms with van der Waals surface area (Å²) in [5, 5.41) is 10.8. The molecule has 1 atom stereocenters. The Hall–Kier alpha value is -1.66. The second kappa shape index (κ2) is 8.84. The first kappa shape index (κ1) is 19.4. The van der Waals surface area contributed by atoms with Crippen molar-refractivity contribution in [2.24, 2.45) is 0 Å². The maximum Gasteiger partial charge on any atom is 0.269 e. The Labute approximate surface area is 143 Å². The van der Waals surface area contributed by atoms with Crippen molar-refractivity contribution in [3.63, 3.8) is 0 Å². The van der Waals surface area contributed by atoms with Crippen molar-refractivity contribution in [3.05, 3.63) is 39.9 Å². The zero-order valence-electron chi connectivity index (χ0n) is 13.6. The summed E-state index contributed by atoms with van der Waals surface area (Å²) in [6.07, 6.45) is 3.44. The van der Waals surface area contributed by atoms with E-state index in [0.717, 1.165) is 32.4 Å². The Balaban J connectivity index is 0.00000264. The Kier molecular flexibility index (Phi) is 7.45. The number of piperidine rings is 1. The number of hydrogen-bond donors (Lipinski definition) is 0. The highest BCUT2D eigenvalue weighted by atomic mass is 35.5. The van der Waals surface area contributed by atoms with Crippen LogP contribution in [0.4, 0.5) is 5.69 Å². The van der Waals surface area contributed by atoms with Crippen LogP contribution >= 0.6 is 12.4 Å². The molecule has 1 aliphatic rings. The maximum absolute atomic E-state index is 12.6. The van der Waals surface area contributed by atoms with Crippen LogP contribution in [0.5, 0.6) is 0 Å². The van der Waals surface area contributed by atoms with Crippen molar-refractivity contribution < 1.29 is 9.72 Å². The molecule has 6 nitrogen and oxygen atoms in total. The lowest BCUT2D eigenvalue weighted by atomic mass is 10.00. The quantitative estimate of drug-likeness (QED) is 0.609. The first-order chi connectivity index (χ1) is 10.5. The molecule has 1 aromatic rings. The zero-order chi connectivity index (χ0) is 16.1. The van der Waals surface area contributed by atoms with Gasteiger partial charge in [0, 0.05) is 31.3 Å². The minimum Gasteiger partial charge on any atom is -0.338 e. The van der Waals surface area contributed by atoms with Crippen LogP contribution in [0.15, 0.2) is 24.3 Å². The Morgan fingerprint density at radius 3 is 2.78 bits per heavy atom. The number of nitro groups is 1. The molecule has 128 valence electrons. The molecule has 0 aromatic heterocycles. The number of carbonyl (C=O) groups is 1. The number of hydrogen-bond acceptors (Lipinski definition) is 4. The van der Waals surface area contributed by atoms with E-state index in [1.54, 1.807) is 12.1 Å². The van der Waals surface area contributed by atoms with Gasteiger partial charge in [0.1, 0.15) is 0 Å². The number of nitro benzene ring substituents is 1. The molecule has 0 spiro atoms. The van der Waals surface area contributed by atoms with Crippen molar-refractivity contribution >= 4 is 24.0 Å². The van der Waals surface area contributed by atoms with E-state index >= 15 is 0 Å². The number of carbonyl (C=O) groups excluding carboxylic acids is 1. The van der Waals surface area contributed by atoms with Crippen LogP contribution < -0.4 is 0 Å². The van der Waals surface area contributed by atoms with Crippen LogP contribution in [0.3, 0.4) is 0 Å². The number of benzene rings is 1. The summed E-state index contributed by atoms with van der Waals surface area (Å²) in [5.74, 6) is 0.0621. The number of nitrogens with zero attached hydrogens (tertiary/aromatic N) is 3. The largest absolute Gasteiger partial charge is 0.338 e. The van der Waals surface area contributed by atoms with E-state index in [1.807, 2.05) is 19.0 Å². The van der Waals surface area contributed by atoms with Crippen LogP contribution in [0, 0.1) is 10.1 Å². The van der Waals surface area contributed by atoms with Gasteiger partial charge in [-0.15, -0.1) is 12.4 Å². The Bertz CT molecular complexity index is 551. The Morgan fingerprint density at radius 2 is 2.13 bits per heavy atom. The third-order valence-corrected chi connectivity index (χ3v) is 4.00. The van der Waals surface area contributed by atoms with Gasteiger partial charge in [-0.05, 0) is 38.9 Å². The molecular formula is C16H24ClN3O3. The number of amides is 1. The molecule has 1 aliphatic heterocycles. The monoisotopic (exact) mass is 341 g/mol. The van der Waals surface area contributed by atoms with Crippen LogP contribution in [-0.2, 0) is 11.2 Å². The number of non-ortho nitro benzene ring substituents is 1. The molecule has 0 bridgehead atoms. The molecule has 1 amide bonds. The third kappa shape index (κ3) is 5.48. The summed E-state index contributed by atoms with van der Waals surface area (Å²) in [6.45, 7) is 1.65. The summed E-state index contributed by atoms with van der Waals surface area (Å²) >= 11 is 0. The average Bonchev–Trinajstić information content (AvgIpc) is 2.47. The minimum atomic E-state index is -0.427. The lowest BCUT2D eigenvalue weighted by molar-refractivity contribution is -0.384. The minimum absolute atomic E-state index is 0. The van der Waals surface area contributed by atoms with Crippen LogP contribution in [0.2, 0.25) is 0 Å². The van der Waals surface area contributed by atoms with E-state index in [9.17, 15) is 14.9 Å². The fraction of sp³-hybridized carbons (Fsp3) is 0.562. The van der Waals surface area contributed by atoms with Gasteiger partial charge >= 0.3 is 0 Å². The number of halogens is 1. The van der Waals surface area contributed by atoms with E-state index in [4.69, 9.17) is 0 Å². The molecule has 1 heterocycles. The van der Waals surface area contributed by atoms with Gasteiger partial charge in [-0.1, -0.05) is 12.1 Å². The smallest absolute Gasteiger partial charge is 0.269 e. The molecule has 0 N–H and O–H groups in total. The highest BCUT2D eigenvalue weighted by molar-refractivity contribution is 5.85. The second-order valence-electron chi connectivity index (χ2n) is 6.10. The fourth-order valence-electron chi connectivity index (χ4n) is 3.00. The summed E-state index contributed by atoms with van der Waals surface area (Å²) in [6, 6.07) is 6.59. The van der Waals surface area contributed by atoms with E-state index in [-0.39, 0.29) is 36.5 Å². The normalized spacial score (nSPS) is 17.7. The van der Waals surface area contributed by atoms with Crippen molar-refractivity contribution in [3.8, 4) is 0 Å². The topological polar surface area (TPSA) is 66.7 Å². The van der Waals surface area contributed by atoms with Gasteiger partial charge in [0.2, 0.25) is 5.91 Å². The molecule has 0 radical (unpaired) electrons. The lowest BCUT2D eigenvalue weighted by Gasteiger charge is -2.37. The van der Waals surface area contributed by atoms with Crippen molar-refractivity contribution in [2.75, 3.05) is 27.2 Å². The van der Waals surface area contributed by atoms with Gasteiger partial charge < -0.3 is 9.80 Å². The standard InChI is InChI=1S/C16H23N3O3.ClH/c1-17(2)12-15-7-3-4-9-18(15)16(20)11-13-6-5-8-14(10-13)19(21)22;/h5-6,8,10,15H,3-4,7,9,11-12H2,1-2H3;1H/t15-;/m0./s1. The summed E-state index contributed by atoms with van der Waals surface area (Å²) in [4.78, 5) is 27.0. The van der Waals surface area contributed by atoms with Gasteiger partial charge in [-0.25, -0.2) is 0 Å². The zero-order valence-corrected chi connectivity index (χ0v) is 14.4. The van der Waals surface area contributed by atoms with Crippen LogP contribution in [0.1, 0.15) is 24.8 Å². The predicted octanol–water partition coefficient (Wildman–Crippen LogP) is 2.50. The molecule has 0 unspecified atom stereocenters. The molecular weight excluding hydrogens is 318 g/mol. The number of likely N-dealkylation sites (N-methyl/N-ethyl adjacent to an activating group) is 1. The van der Waals surface area contributed by atoms with E-state index in [2.05, 4.69) is 4.90 Å². The van der Waals surface area contributed by atoms with Crippen LogP contribution in [-0.4, -0.2) is 53.9 Å². The first-order valence-electron chi connectivity index (χ1n) is 7.65. The van der Waals surface area contributed by atoms with Crippen molar-refractivity contribution in [1.29, 1.82) is 0 Å². The summed E-state index contributed by atoms with van der Waals surface area (Å²) in [5.41, 5.74) is 0.738. The highest BCUT2D eigenvalue weighted by Gasteiger charge is 2.27. The summed E-state index contributed by atoms with van der Waals surface area (Å²) < 4.78 is 0. The van der Waals surface area contributed by atoms with E-state index in [1.165, 1.54) is 12.1 Å². The van der Waals surface area contributed by atoms with E-state index in [0.29, 0.717) is 5.56 Å². The van der Waals surface area contributed by atoms with Gasteiger partial charge in [0.05, 0.1) is 11.3 Å². The second-order valence-corrected chi connectivity index (χ2v) is 6.10. The lowest BCUT2D eigenvalue weighted by Crippen LogP contribution is -2.48. The van der Waals surface area contributed by atoms with Crippen molar-refractivity contribution in [1.82, 2.24) is 9.80 Å². The highest BCUT2D eigenvalue weighted by Crippen LogP contribution is 2.20. The molecule has 2 rings (SSSR count). The number of rotatable bonds is 5. The Morgan fingerprint density at radius 1 is 1.39 bits per heavy atom. The van der Waals surface area contributed by atoms with E-state index < -0.39 is 4.92 Å². The van der Waals surface area contributed by atoms with Crippen LogP contribution in [0.25, 0.3) is 0 Å². The SMILES string of the molecule is CN(C)C[C@@H]1CCCCN1C(=O)Cc1cccc([N+](=O)[O-])c1.Cl. The molecule has 1 fully saturated rings. The molecule has 1 aromatic carbocycles. The molecule has 0 aliphatic carbocycles. The van der Waals surface area contributed by atoms with Gasteiger partial charge in [-0.2, -0.15) is 0 Å². The molecule has 0 saturated carbocycles. The predicted molar refractivity (Wildman–Crippen MR) is 92.0 cm³/mol. The third-order valence-electron chi connectivity index (χ3n) is 4.00. The maximum atomic E-state index is 12.6. The molecule has 1 saturated heterocycles. The first-order valence-corrected chi connectivity index (χ1v) is 7.65. The number of likely N-dealkylation sites (tertiary alicyclic amines) is 1. The van der Waals surface area contributed by atoms with Gasteiger partial charge in [0.15, 0.2) is 0 Å². The van der Waals surface area contributed by atoms with Gasteiger partial charge in [-0.3, -0.25) is 14.9 Å².